The molecule has 1 atom stereocenters. The van der Waals surface area contributed by atoms with Gasteiger partial charge in [0.25, 0.3) is 0 Å². The van der Waals surface area contributed by atoms with Crippen molar-refractivity contribution in [3.8, 4) is 0 Å². The van der Waals surface area contributed by atoms with Gasteiger partial charge in [-0.2, -0.15) is 12.6 Å². The highest BCUT2D eigenvalue weighted by Gasteiger charge is 1.99. The van der Waals surface area contributed by atoms with Gasteiger partial charge in [-0.3, -0.25) is 0 Å². The lowest BCUT2D eigenvalue weighted by Gasteiger charge is -2.06. The van der Waals surface area contributed by atoms with Gasteiger partial charge in [0.2, 0.25) is 0 Å². The van der Waals surface area contributed by atoms with E-state index < -0.39 is 0 Å². The topological polar surface area (TPSA) is 20.2 Å². The van der Waals surface area contributed by atoms with Crippen LogP contribution in [0.15, 0.2) is 0 Å². The molecule has 0 aromatic rings. The third kappa shape index (κ3) is 16.4. The van der Waals surface area contributed by atoms with Crippen molar-refractivity contribution in [2.75, 3.05) is 6.61 Å². The number of thiol groups is 1. The van der Waals surface area contributed by atoms with E-state index in [-0.39, 0.29) is 11.9 Å². The zero-order valence-electron chi connectivity index (χ0n) is 13.8. The van der Waals surface area contributed by atoms with E-state index in [1.54, 1.807) is 0 Å². The molecule has 0 spiro atoms. The molecule has 1 unspecified atom stereocenters. The van der Waals surface area contributed by atoms with E-state index in [1.807, 2.05) is 0 Å². The molecule has 0 amide bonds. The molecule has 0 aromatic heterocycles. The van der Waals surface area contributed by atoms with Crippen molar-refractivity contribution >= 4 is 12.6 Å². The molecule has 0 aromatic carbocycles. The fourth-order valence-electron chi connectivity index (χ4n) is 2.67. The van der Waals surface area contributed by atoms with E-state index in [2.05, 4.69) is 19.6 Å². The summed E-state index contributed by atoms with van der Waals surface area (Å²) >= 11 is 4.30. The van der Waals surface area contributed by atoms with Crippen molar-refractivity contribution in [2.24, 2.45) is 0 Å². The third-order valence-corrected chi connectivity index (χ3v) is 4.52. The number of rotatable bonds is 16. The largest absolute Gasteiger partial charge is 0.395 e. The van der Waals surface area contributed by atoms with Crippen LogP contribution in [0, 0.1) is 0 Å². The quantitative estimate of drug-likeness (QED) is 0.259. The molecule has 0 radical (unpaired) electrons. The fourth-order valence-corrected chi connectivity index (χ4v) is 2.85. The Balaban J connectivity index is 2.96. The molecule has 0 heterocycles. The summed E-state index contributed by atoms with van der Waals surface area (Å²) < 4.78 is 0. The lowest BCUT2D eigenvalue weighted by Crippen LogP contribution is -2.03. The molecule has 1 nitrogen and oxygen atoms in total. The molecule has 122 valence electrons. The maximum atomic E-state index is 8.86. The van der Waals surface area contributed by atoms with Crippen molar-refractivity contribution < 1.29 is 5.11 Å². The standard InChI is InChI=1S/C18H38OS/c1-2-3-4-5-6-7-8-9-10-11-12-13-14-15-16-18(20)17-19/h18-20H,2-17H2,1H3. The molecule has 20 heavy (non-hydrogen) atoms. The van der Waals surface area contributed by atoms with Crippen LogP contribution in [0.25, 0.3) is 0 Å². The van der Waals surface area contributed by atoms with Gasteiger partial charge in [-0.15, -0.1) is 0 Å². The molecule has 1 N–H and O–H groups in total. The Hall–Kier alpha value is 0.310. The number of hydrogen-bond acceptors (Lipinski definition) is 2. The first kappa shape index (κ1) is 20.3. The van der Waals surface area contributed by atoms with Crippen molar-refractivity contribution in [2.45, 2.75) is 108 Å². The van der Waals surface area contributed by atoms with Crippen LogP contribution in [0.2, 0.25) is 0 Å². The molecule has 0 aliphatic heterocycles. The average Bonchev–Trinajstić information content (AvgIpc) is 2.47. The van der Waals surface area contributed by atoms with Crippen LogP contribution in [0.3, 0.4) is 0 Å². The Morgan fingerprint density at radius 3 is 1.35 bits per heavy atom. The number of aliphatic hydroxyl groups is 1. The smallest absolute Gasteiger partial charge is 0.0547 e. The van der Waals surface area contributed by atoms with Gasteiger partial charge in [-0.05, 0) is 6.42 Å². The molecular formula is C18H38OS. The SMILES string of the molecule is CCCCCCCCCCCCCCCCC(S)CO. The minimum Gasteiger partial charge on any atom is -0.395 e. The number of hydrogen-bond donors (Lipinski definition) is 2. The highest BCUT2D eigenvalue weighted by Crippen LogP contribution is 2.14. The zero-order chi connectivity index (χ0) is 14.9. The van der Waals surface area contributed by atoms with Crippen LogP contribution in [0.5, 0.6) is 0 Å². The maximum absolute atomic E-state index is 8.86. The Kier molecular flexibility index (Phi) is 17.6. The highest BCUT2D eigenvalue weighted by molar-refractivity contribution is 7.81. The summed E-state index contributed by atoms with van der Waals surface area (Å²) in [5.74, 6) is 0. The van der Waals surface area contributed by atoms with Crippen LogP contribution < -0.4 is 0 Å². The van der Waals surface area contributed by atoms with Crippen LogP contribution in [-0.4, -0.2) is 17.0 Å². The van der Waals surface area contributed by atoms with Crippen LogP contribution in [-0.2, 0) is 0 Å². The summed E-state index contributed by atoms with van der Waals surface area (Å²) in [5.41, 5.74) is 0. The summed E-state index contributed by atoms with van der Waals surface area (Å²) in [5, 5.41) is 9.06. The van der Waals surface area contributed by atoms with Gasteiger partial charge in [0.05, 0.1) is 6.61 Å². The van der Waals surface area contributed by atoms with Crippen LogP contribution in [0.4, 0.5) is 0 Å². The number of unbranched alkanes of at least 4 members (excludes halogenated alkanes) is 13. The maximum Gasteiger partial charge on any atom is 0.0547 e. The normalized spacial score (nSPS) is 12.8. The average molecular weight is 303 g/mol. The lowest BCUT2D eigenvalue weighted by molar-refractivity contribution is 0.289. The zero-order valence-corrected chi connectivity index (χ0v) is 14.7. The molecule has 0 aliphatic carbocycles. The summed E-state index contributed by atoms with van der Waals surface area (Å²) in [6, 6.07) is 0. The molecule has 0 aliphatic rings. The predicted octanol–water partition coefficient (Wildman–Crippen LogP) is 6.15. The van der Waals surface area contributed by atoms with Gasteiger partial charge < -0.3 is 5.11 Å². The second-order valence-electron chi connectivity index (χ2n) is 6.22. The van der Waals surface area contributed by atoms with Gasteiger partial charge in [-0.25, -0.2) is 0 Å². The van der Waals surface area contributed by atoms with E-state index in [0.717, 1.165) is 6.42 Å². The van der Waals surface area contributed by atoms with Gasteiger partial charge >= 0.3 is 0 Å². The summed E-state index contributed by atoms with van der Waals surface area (Å²) in [4.78, 5) is 0. The molecule has 0 saturated heterocycles. The Morgan fingerprint density at radius 1 is 0.650 bits per heavy atom. The predicted molar refractivity (Wildman–Crippen MR) is 94.8 cm³/mol. The van der Waals surface area contributed by atoms with E-state index in [1.165, 1.54) is 89.9 Å². The monoisotopic (exact) mass is 302 g/mol. The molecule has 0 bridgehead atoms. The minimum absolute atomic E-state index is 0.201. The van der Waals surface area contributed by atoms with Gasteiger partial charge in [0.15, 0.2) is 0 Å². The van der Waals surface area contributed by atoms with Crippen molar-refractivity contribution in [1.29, 1.82) is 0 Å². The van der Waals surface area contributed by atoms with Crippen molar-refractivity contribution in [3.05, 3.63) is 0 Å². The molecule has 2 heteroatoms. The third-order valence-electron chi connectivity index (χ3n) is 4.10. The van der Waals surface area contributed by atoms with Crippen LogP contribution >= 0.6 is 12.6 Å². The van der Waals surface area contributed by atoms with Gasteiger partial charge in [0, 0.05) is 5.25 Å². The second kappa shape index (κ2) is 17.4. The lowest BCUT2D eigenvalue weighted by atomic mass is 10.0. The summed E-state index contributed by atoms with van der Waals surface area (Å²) in [7, 11) is 0. The second-order valence-corrected chi connectivity index (χ2v) is 6.95. The van der Waals surface area contributed by atoms with E-state index in [9.17, 15) is 0 Å². The van der Waals surface area contributed by atoms with Crippen molar-refractivity contribution in [1.82, 2.24) is 0 Å². The highest BCUT2D eigenvalue weighted by atomic mass is 32.1. The molecule has 0 rings (SSSR count). The van der Waals surface area contributed by atoms with E-state index in [4.69, 9.17) is 5.11 Å². The summed E-state index contributed by atoms with van der Waals surface area (Å²) in [6.45, 7) is 2.50. The fraction of sp³-hybridized carbons (Fsp3) is 1.00. The first-order chi connectivity index (χ1) is 9.81. The molecule has 0 fully saturated rings. The van der Waals surface area contributed by atoms with Gasteiger partial charge in [-0.1, -0.05) is 96.8 Å². The molecule has 0 saturated carbocycles. The molecular weight excluding hydrogens is 264 g/mol. The first-order valence-corrected chi connectivity index (χ1v) is 9.61. The minimum atomic E-state index is 0.201. The Bertz CT molecular complexity index is 173. The number of aliphatic hydroxyl groups excluding tert-OH is 1. The summed E-state index contributed by atoms with van der Waals surface area (Å²) in [6.07, 6.45) is 20.7. The van der Waals surface area contributed by atoms with Crippen LogP contribution in [0.1, 0.15) is 103 Å². The van der Waals surface area contributed by atoms with Gasteiger partial charge in [0.1, 0.15) is 0 Å². The van der Waals surface area contributed by atoms with E-state index in [0.29, 0.717) is 0 Å². The van der Waals surface area contributed by atoms with Crippen molar-refractivity contribution in [3.63, 3.8) is 0 Å². The Morgan fingerprint density at radius 2 is 1.00 bits per heavy atom. The van der Waals surface area contributed by atoms with E-state index >= 15 is 0 Å². The first-order valence-electron chi connectivity index (χ1n) is 9.10. The Labute approximate surface area is 133 Å².